The molecule has 0 unspecified atom stereocenters. The molecule has 2 heterocycles. The van der Waals surface area contributed by atoms with E-state index in [-0.39, 0.29) is 10.6 Å². The molecule has 19 heavy (non-hydrogen) atoms. The van der Waals surface area contributed by atoms with Crippen molar-refractivity contribution in [1.29, 1.82) is 0 Å². The third-order valence-electron chi connectivity index (χ3n) is 3.11. The SMILES string of the molecule is Cc1c(I)n(C(=O)O)c2c(Cl)ncc(C(C)(C)C)c12. The first kappa shape index (κ1) is 14.6. The van der Waals surface area contributed by atoms with E-state index < -0.39 is 6.09 Å². The molecule has 2 aromatic heterocycles. The number of halogens is 2. The number of pyridine rings is 1. The summed E-state index contributed by atoms with van der Waals surface area (Å²) in [5.41, 5.74) is 2.27. The van der Waals surface area contributed by atoms with Crippen molar-refractivity contribution in [1.82, 2.24) is 9.55 Å². The molecule has 0 aliphatic heterocycles. The maximum Gasteiger partial charge on any atom is 0.416 e. The van der Waals surface area contributed by atoms with Gasteiger partial charge in [0.15, 0.2) is 5.15 Å². The monoisotopic (exact) mass is 392 g/mol. The maximum atomic E-state index is 11.4. The first-order valence-corrected chi connectivity index (χ1v) is 7.20. The average Bonchev–Trinajstić information content (AvgIpc) is 2.53. The normalized spacial score (nSPS) is 12.1. The van der Waals surface area contributed by atoms with E-state index in [1.165, 1.54) is 4.57 Å². The van der Waals surface area contributed by atoms with Crippen LogP contribution in [0.15, 0.2) is 6.20 Å². The molecule has 4 nitrogen and oxygen atoms in total. The number of aromatic nitrogens is 2. The highest BCUT2D eigenvalue weighted by atomic mass is 127. The Morgan fingerprint density at radius 2 is 2.05 bits per heavy atom. The molecule has 0 aliphatic carbocycles. The molecule has 2 aromatic rings. The average molecular weight is 393 g/mol. The van der Waals surface area contributed by atoms with E-state index in [1.54, 1.807) is 6.20 Å². The highest BCUT2D eigenvalue weighted by Gasteiger charge is 2.26. The fourth-order valence-corrected chi connectivity index (χ4v) is 3.12. The summed E-state index contributed by atoms with van der Waals surface area (Å²) >= 11 is 8.15. The zero-order chi connectivity index (χ0) is 14.5. The zero-order valence-corrected chi connectivity index (χ0v) is 14.0. The summed E-state index contributed by atoms with van der Waals surface area (Å²) in [6, 6.07) is 0. The van der Waals surface area contributed by atoms with Crippen LogP contribution in [0, 0.1) is 10.6 Å². The van der Waals surface area contributed by atoms with Gasteiger partial charge in [-0.05, 0) is 46.1 Å². The van der Waals surface area contributed by atoms with Crippen LogP contribution in [0.1, 0.15) is 31.9 Å². The number of aryl methyl sites for hydroxylation is 1. The van der Waals surface area contributed by atoms with Crippen LogP contribution in [0.3, 0.4) is 0 Å². The van der Waals surface area contributed by atoms with Crippen molar-refractivity contribution < 1.29 is 9.90 Å². The standard InChI is InChI=1S/C13H14ClIN2O2/c1-6-8-7(13(2,3)4)5-16-10(14)9(8)17(11(6)15)12(18)19/h5H,1-4H3,(H,18,19). The second kappa shape index (κ2) is 4.63. The van der Waals surface area contributed by atoms with Gasteiger partial charge in [0.1, 0.15) is 0 Å². The van der Waals surface area contributed by atoms with E-state index in [0.29, 0.717) is 9.22 Å². The first-order chi connectivity index (χ1) is 8.66. The van der Waals surface area contributed by atoms with E-state index in [2.05, 4.69) is 25.8 Å². The minimum atomic E-state index is -1.04. The summed E-state index contributed by atoms with van der Waals surface area (Å²) in [5, 5.41) is 10.5. The molecule has 0 bridgehead atoms. The maximum absolute atomic E-state index is 11.4. The van der Waals surface area contributed by atoms with Gasteiger partial charge in [-0.1, -0.05) is 32.4 Å². The Morgan fingerprint density at radius 3 is 2.53 bits per heavy atom. The van der Waals surface area contributed by atoms with E-state index in [1.807, 2.05) is 29.5 Å². The minimum absolute atomic E-state index is 0.131. The fraction of sp³-hybridized carbons (Fsp3) is 0.385. The Morgan fingerprint density at radius 1 is 1.47 bits per heavy atom. The largest absolute Gasteiger partial charge is 0.464 e. The highest BCUT2D eigenvalue weighted by molar-refractivity contribution is 14.1. The van der Waals surface area contributed by atoms with Crippen LogP contribution < -0.4 is 0 Å². The Hall–Kier alpha value is -0.820. The van der Waals surface area contributed by atoms with Crippen LogP contribution in [0.25, 0.3) is 10.9 Å². The molecule has 0 atom stereocenters. The van der Waals surface area contributed by atoms with Gasteiger partial charge in [0.25, 0.3) is 0 Å². The second-order valence-corrected chi connectivity index (χ2v) is 6.85. The van der Waals surface area contributed by atoms with Crippen molar-refractivity contribution in [2.75, 3.05) is 0 Å². The van der Waals surface area contributed by atoms with Crippen LogP contribution in [0.4, 0.5) is 4.79 Å². The predicted molar refractivity (Wildman–Crippen MR) is 84.3 cm³/mol. The number of nitrogens with zero attached hydrogens (tertiary/aromatic N) is 2. The van der Waals surface area contributed by atoms with E-state index >= 15 is 0 Å². The number of fused-ring (bicyclic) bond motifs is 1. The summed E-state index contributed by atoms with van der Waals surface area (Å²) in [5.74, 6) is 0. The van der Waals surface area contributed by atoms with Gasteiger partial charge in [0.05, 0.1) is 9.22 Å². The quantitative estimate of drug-likeness (QED) is 0.533. The van der Waals surface area contributed by atoms with Crippen molar-refractivity contribution >= 4 is 51.2 Å². The summed E-state index contributed by atoms with van der Waals surface area (Å²) in [7, 11) is 0. The number of carboxylic acid groups (broad SMARTS) is 1. The van der Waals surface area contributed by atoms with Gasteiger partial charge < -0.3 is 5.11 Å². The molecule has 0 radical (unpaired) electrons. The molecule has 0 fully saturated rings. The Balaban J connectivity index is 3.05. The molecule has 0 aromatic carbocycles. The number of carbonyl (C=O) groups is 1. The van der Waals surface area contributed by atoms with Gasteiger partial charge in [-0.2, -0.15) is 0 Å². The van der Waals surface area contributed by atoms with Gasteiger partial charge in [-0.15, -0.1) is 0 Å². The second-order valence-electron chi connectivity index (χ2n) is 5.47. The molecular weight excluding hydrogens is 379 g/mol. The van der Waals surface area contributed by atoms with Crippen molar-refractivity contribution in [3.8, 4) is 0 Å². The molecule has 0 amide bonds. The van der Waals surface area contributed by atoms with Crippen molar-refractivity contribution in [3.63, 3.8) is 0 Å². The third kappa shape index (κ3) is 2.23. The van der Waals surface area contributed by atoms with Crippen LogP contribution >= 0.6 is 34.2 Å². The van der Waals surface area contributed by atoms with Gasteiger partial charge in [0.2, 0.25) is 0 Å². The van der Waals surface area contributed by atoms with Crippen LogP contribution in [-0.4, -0.2) is 20.8 Å². The Kier molecular flexibility index (Phi) is 3.55. The van der Waals surface area contributed by atoms with Gasteiger partial charge in [0, 0.05) is 11.6 Å². The highest BCUT2D eigenvalue weighted by Crippen LogP contribution is 2.37. The van der Waals surface area contributed by atoms with Crippen LogP contribution in [0.2, 0.25) is 5.15 Å². The number of hydrogen-bond acceptors (Lipinski definition) is 2. The third-order valence-corrected chi connectivity index (χ3v) is 4.68. The van der Waals surface area contributed by atoms with Crippen LogP contribution in [-0.2, 0) is 5.41 Å². The lowest BCUT2D eigenvalue weighted by Crippen LogP contribution is -2.13. The number of rotatable bonds is 0. The lowest BCUT2D eigenvalue weighted by atomic mass is 9.85. The summed E-state index contributed by atoms with van der Waals surface area (Å²) in [4.78, 5) is 15.6. The molecule has 0 saturated heterocycles. The Bertz CT molecular complexity index is 686. The lowest BCUT2D eigenvalue weighted by Gasteiger charge is -2.20. The summed E-state index contributed by atoms with van der Waals surface area (Å²) < 4.78 is 1.86. The first-order valence-electron chi connectivity index (χ1n) is 5.75. The fourth-order valence-electron chi connectivity index (χ4n) is 2.18. The van der Waals surface area contributed by atoms with E-state index in [9.17, 15) is 9.90 Å². The minimum Gasteiger partial charge on any atom is -0.464 e. The van der Waals surface area contributed by atoms with Crippen LogP contribution in [0.5, 0.6) is 0 Å². The van der Waals surface area contributed by atoms with Gasteiger partial charge in [-0.25, -0.2) is 14.3 Å². The lowest BCUT2D eigenvalue weighted by molar-refractivity contribution is 0.197. The number of hydrogen-bond donors (Lipinski definition) is 1. The van der Waals surface area contributed by atoms with E-state index in [4.69, 9.17) is 11.6 Å². The molecule has 0 aliphatic rings. The molecule has 0 saturated carbocycles. The summed E-state index contributed by atoms with van der Waals surface area (Å²) in [6.45, 7) is 8.13. The topological polar surface area (TPSA) is 55.1 Å². The smallest absolute Gasteiger partial charge is 0.416 e. The molecule has 102 valence electrons. The molecular formula is C13H14ClIN2O2. The molecule has 6 heteroatoms. The van der Waals surface area contributed by atoms with Gasteiger partial charge in [-0.3, -0.25) is 0 Å². The Labute approximate surface area is 129 Å². The molecule has 0 spiro atoms. The van der Waals surface area contributed by atoms with Crippen molar-refractivity contribution in [3.05, 3.63) is 26.2 Å². The summed E-state index contributed by atoms with van der Waals surface area (Å²) in [6.07, 6.45) is 0.692. The van der Waals surface area contributed by atoms with E-state index in [0.717, 1.165) is 16.5 Å². The predicted octanol–water partition coefficient (Wildman–Crippen LogP) is 4.43. The zero-order valence-electron chi connectivity index (χ0n) is 11.1. The van der Waals surface area contributed by atoms with Gasteiger partial charge >= 0.3 is 6.09 Å². The molecule has 1 N–H and O–H groups in total. The van der Waals surface area contributed by atoms with Crippen molar-refractivity contribution in [2.24, 2.45) is 0 Å². The van der Waals surface area contributed by atoms with Crippen molar-refractivity contribution in [2.45, 2.75) is 33.1 Å². The molecule has 2 rings (SSSR count).